The topological polar surface area (TPSA) is 51.0 Å². The van der Waals surface area contributed by atoms with Crippen molar-refractivity contribution >= 4 is 46.5 Å². The van der Waals surface area contributed by atoms with Gasteiger partial charge in [0.15, 0.2) is 0 Å². The van der Waals surface area contributed by atoms with Crippen LogP contribution in [-0.2, 0) is 6.42 Å². The van der Waals surface area contributed by atoms with Gasteiger partial charge in [0.2, 0.25) is 5.89 Å². The normalized spacial score (nSPS) is 10.5. The molecule has 0 aliphatic rings. The van der Waals surface area contributed by atoms with Gasteiger partial charge in [-0.25, -0.2) is 0 Å². The van der Waals surface area contributed by atoms with Crippen molar-refractivity contribution in [2.75, 3.05) is 11.2 Å². The Hall–Kier alpha value is -0.970. The van der Waals surface area contributed by atoms with Crippen LogP contribution in [0, 0.1) is 0 Å². The number of anilines is 2. The summed E-state index contributed by atoms with van der Waals surface area (Å²) < 4.78 is 5.30. The van der Waals surface area contributed by atoms with Crippen LogP contribution in [0.1, 0.15) is 5.89 Å². The molecule has 4 nitrogen and oxygen atoms in total. The van der Waals surface area contributed by atoms with Crippen LogP contribution in [0.3, 0.4) is 0 Å². The first-order valence-electron chi connectivity index (χ1n) is 4.79. The van der Waals surface area contributed by atoms with Gasteiger partial charge in [-0.15, -0.1) is 16.7 Å². The van der Waals surface area contributed by atoms with Gasteiger partial charge in [0, 0.05) is 17.3 Å². The summed E-state index contributed by atoms with van der Waals surface area (Å²) in [5, 5.41) is 11.6. The van der Waals surface area contributed by atoms with E-state index in [0.717, 1.165) is 0 Å². The van der Waals surface area contributed by atoms with Crippen LogP contribution in [0.4, 0.5) is 11.7 Å². The minimum atomic E-state index is 0.273. The van der Waals surface area contributed by atoms with E-state index in [1.807, 2.05) is 0 Å². The number of nitrogens with zero attached hydrogens (tertiary/aromatic N) is 2. The fourth-order valence-corrected chi connectivity index (χ4v) is 1.81. The van der Waals surface area contributed by atoms with Crippen molar-refractivity contribution in [2.24, 2.45) is 0 Å². The lowest BCUT2D eigenvalue weighted by atomic mass is 10.3. The molecule has 0 radical (unpaired) electrons. The Kier molecular flexibility index (Phi) is 4.10. The predicted molar refractivity (Wildman–Crippen MR) is 68.5 cm³/mol. The number of alkyl halides is 1. The van der Waals surface area contributed by atoms with Crippen molar-refractivity contribution < 1.29 is 4.42 Å². The Morgan fingerprint density at radius 1 is 1.24 bits per heavy atom. The second kappa shape index (κ2) is 5.58. The number of hydrogen-bond acceptors (Lipinski definition) is 4. The molecule has 90 valence electrons. The van der Waals surface area contributed by atoms with E-state index in [-0.39, 0.29) is 6.01 Å². The van der Waals surface area contributed by atoms with Gasteiger partial charge >= 0.3 is 6.01 Å². The molecule has 0 unspecified atom stereocenters. The van der Waals surface area contributed by atoms with Gasteiger partial charge in [0.25, 0.3) is 0 Å². The molecule has 0 fully saturated rings. The second-order valence-corrected chi connectivity index (χ2v) is 4.41. The van der Waals surface area contributed by atoms with E-state index in [4.69, 9.17) is 39.2 Å². The van der Waals surface area contributed by atoms with Crippen LogP contribution in [-0.4, -0.2) is 16.1 Å². The summed E-state index contributed by atoms with van der Waals surface area (Å²) in [6.45, 7) is 0. The predicted octanol–water partition coefficient (Wildman–Crippen LogP) is 3.90. The van der Waals surface area contributed by atoms with E-state index in [1.165, 1.54) is 0 Å². The lowest BCUT2D eigenvalue weighted by molar-refractivity contribution is 0.516. The third-order valence-electron chi connectivity index (χ3n) is 1.95. The maximum absolute atomic E-state index is 5.99. The Morgan fingerprint density at radius 3 is 2.76 bits per heavy atom. The lowest BCUT2D eigenvalue weighted by Crippen LogP contribution is -1.91. The molecule has 0 spiro atoms. The highest BCUT2D eigenvalue weighted by Gasteiger charge is 2.08. The molecule has 2 rings (SSSR count). The van der Waals surface area contributed by atoms with Crippen molar-refractivity contribution in [1.82, 2.24) is 10.2 Å². The number of halogens is 3. The highest BCUT2D eigenvalue weighted by molar-refractivity contribution is 6.36. The summed E-state index contributed by atoms with van der Waals surface area (Å²) >= 11 is 17.3. The zero-order chi connectivity index (χ0) is 12.3. The fourth-order valence-electron chi connectivity index (χ4n) is 1.19. The second-order valence-electron chi connectivity index (χ2n) is 3.19. The summed E-state index contributed by atoms with van der Waals surface area (Å²) in [5.41, 5.74) is 0.650. The standard InChI is InChI=1S/C10H8Cl3N3O/c11-4-3-9-15-16-10(17-9)14-8-2-1-6(12)5-7(8)13/h1-2,5H,3-4H2,(H,14,16). The van der Waals surface area contributed by atoms with Gasteiger partial charge in [-0.1, -0.05) is 28.3 Å². The Labute approximate surface area is 113 Å². The number of rotatable bonds is 4. The monoisotopic (exact) mass is 291 g/mol. The zero-order valence-electron chi connectivity index (χ0n) is 8.58. The summed E-state index contributed by atoms with van der Waals surface area (Å²) in [6.07, 6.45) is 0.532. The van der Waals surface area contributed by atoms with Crippen LogP contribution in [0.15, 0.2) is 22.6 Å². The van der Waals surface area contributed by atoms with Crippen LogP contribution in [0.5, 0.6) is 0 Å². The largest absolute Gasteiger partial charge is 0.408 e. The van der Waals surface area contributed by atoms with E-state index in [0.29, 0.717) is 33.9 Å². The number of benzene rings is 1. The zero-order valence-corrected chi connectivity index (χ0v) is 10.9. The molecule has 0 amide bonds. The quantitative estimate of drug-likeness (QED) is 0.868. The van der Waals surface area contributed by atoms with Gasteiger partial charge in [-0.3, -0.25) is 0 Å². The smallest absolute Gasteiger partial charge is 0.320 e. The Bertz CT molecular complexity index is 515. The molecule has 1 aromatic heterocycles. The first-order chi connectivity index (χ1) is 8.19. The molecule has 0 saturated carbocycles. The molecule has 7 heteroatoms. The van der Waals surface area contributed by atoms with Gasteiger partial charge in [-0.2, -0.15) is 0 Å². The fraction of sp³-hybridized carbons (Fsp3) is 0.200. The average Bonchev–Trinajstić information content (AvgIpc) is 2.71. The molecule has 0 aliphatic heterocycles. The molecule has 0 atom stereocenters. The van der Waals surface area contributed by atoms with Gasteiger partial charge in [0.05, 0.1) is 10.7 Å². The molecular formula is C10H8Cl3N3O. The number of hydrogen-bond donors (Lipinski definition) is 1. The summed E-state index contributed by atoms with van der Waals surface area (Å²) in [5.74, 6) is 0.913. The minimum absolute atomic E-state index is 0.273. The molecule has 17 heavy (non-hydrogen) atoms. The van der Waals surface area contributed by atoms with Gasteiger partial charge in [0.1, 0.15) is 0 Å². The van der Waals surface area contributed by atoms with E-state index in [9.17, 15) is 0 Å². The van der Waals surface area contributed by atoms with Gasteiger partial charge < -0.3 is 9.73 Å². The van der Waals surface area contributed by atoms with Crippen LogP contribution in [0.25, 0.3) is 0 Å². The maximum atomic E-state index is 5.99. The number of aromatic nitrogens is 2. The highest BCUT2D eigenvalue weighted by atomic mass is 35.5. The van der Waals surface area contributed by atoms with Crippen LogP contribution in [0.2, 0.25) is 10.0 Å². The first kappa shape index (κ1) is 12.5. The van der Waals surface area contributed by atoms with Crippen LogP contribution >= 0.6 is 34.8 Å². The van der Waals surface area contributed by atoms with Crippen molar-refractivity contribution in [1.29, 1.82) is 0 Å². The van der Waals surface area contributed by atoms with Crippen molar-refractivity contribution in [3.8, 4) is 0 Å². The van der Waals surface area contributed by atoms with Crippen molar-refractivity contribution in [3.63, 3.8) is 0 Å². The lowest BCUT2D eigenvalue weighted by Gasteiger charge is -2.03. The highest BCUT2D eigenvalue weighted by Crippen LogP contribution is 2.27. The van der Waals surface area contributed by atoms with Crippen LogP contribution < -0.4 is 5.32 Å². The number of aryl methyl sites for hydroxylation is 1. The Balaban J connectivity index is 2.13. The molecule has 0 saturated heterocycles. The molecular weight excluding hydrogens is 284 g/mol. The Morgan fingerprint density at radius 2 is 2.06 bits per heavy atom. The summed E-state index contributed by atoms with van der Waals surface area (Å²) in [6, 6.07) is 5.35. The van der Waals surface area contributed by atoms with E-state index >= 15 is 0 Å². The van der Waals surface area contributed by atoms with Gasteiger partial charge in [-0.05, 0) is 18.2 Å². The summed E-state index contributed by atoms with van der Waals surface area (Å²) in [7, 11) is 0. The minimum Gasteiger partial charge on any atom is -0.408 e. The third kappa shape index (κ3) is 3.25. The molecule has 2 aromatic rings. The third-order valence-corrected chi connectivity index (χ3v) is 2.68. The van der Waals surface area contributed by atoms with Crippen molar-refractivity contribution in [2.45, 2.75) is 6.42 Å². The SMILES string of the molecule is ClCCc1nnc(Nc2ccc(Cl)cc2Cl)o1. The molecule has 1 heterocycles. The maximum Gasteiger partial charge on any atom is 0.320 e. The van der Waals surface area contributed by atoms with Crippen molar-refractivity contribution in [3.05, 3.63) is 34.1 Å². The average molecular weight is 293 g/mol. The molecule has 0 aliphatic carbocycles. The van der Waals surface area contributed by atoms with E-state index < -0.39 is 0 Å². The first-order valence-corrected chi connectivity index (χ1v) is 6.08. The van der Waals surface area contributed by atoms with E-state index in [1.54, 1.807) is 18.2 Å². The van der Waals surface area contributed by atoms with E-state index in [2.05, 4.69) is 15.5 Å². The molecule has 1 N–H and O–H groups in total. The molecule has 0 bridgehead atoms. The number of nitrogens with one attached hydrogen (secondary N) is 1. The summed E-state index contributed by atoms with van der Waals surface area (Å²) in [4.78, 5) is 0. The molecule has 1 aromatic carbocycles.